The van der Waals surface area contributed by atoms with E-state index in [0.29, 0.717) is 6.04 Å². The SMILES string of the molecule is C=CCN(C)CC1CC(C)CCN1. The third-order valence-electron chi connectivity index (χ3n) is 2.73. The molecule has 2 heteroatoms. The first kappa shape index (κ1) is 10.7. The van der Waals surface area contributed by atoms with Crippen LogP contribution in [0.25, 0.3) is 0 Å². The fourth-order valence-electron chi connectivity index (χ4n) is 2.03. The van der Waals surface area contributed by atoms with Crippen LogP contribution >= 0.6 is 0 Å². The maximum atomic E-state index is 3.75. The first-order valence-electron chi connectivity index (χ1n) is 5.25. The number of nitrogens with one attached hydrogen (secondary N) is 1. The quantitative estimate of drug-likeness (QED) is 0.663. The molecule has 1 rings (SSSR count). The highest BCUT2D eigenvalue weighted by Gasteiger charge is 2.18. The van der Waals surface area contributed by atoms with E-state index in [9.17, 15) is 0 Å². The smallest absolute Gasteiger partial charge is 0.0197 e. The van der Waals surface area contributed by atoms with E-state index in [1.807, 2.05) is 6.08 Å². The number of piperidine rings is 1. The average molecular weight is 182 g/mol. The summed E-state index contributed by atoms with van der Waals surface area (Å²) in [5.41, 5.74) is 0. The predicted molar refractivity (Wildman–Crippen MR) is 57.9 cm³/mol. The summed E-state index contributed by atoms with van der Waals surface area (Å²) in [7, 11) is 2.16. The highest BCUT2D eigenvalue weighted by Crippen LogP contribution is 2.15. The molecule has 0 aliphatic carbocycles. The average Bonchev–Trinajstić information content (AvgIpc) is 2.04. The summed E-state index contributed by atoms with van der Waals surface area (Å²) in [4.78, 5) is 2.32. The normalized spacial score (nSPS) is 29.2. The lowest BCUT2D eigenvalue weighted by molar-refractivity contribution is 0.247. The first-order chi connectivity index (χ1) is 6.22. The third kappa shape index (κ3) is 3.92. The Hall–Kier alpha value is -0.340. The molecule has 2 nitrogen and oxygen atoms in total. The Kier molecular flexibility index (Phi) is 4.46. The molecule has 76 valence electrons. The molecule has 1 heterocycles. The molecule has 1 saturated heterocycles. The molecule has 0 amide bonds. The number of rotatable bonds is 4. The van der Waals surface area contributed by atoms with Crippen molar-refractivity contribution in [2.45, 2.75) is 25.8 Å². The van der Waals surface area contributed by atoms with Crippen molar-refractivity contribution in [3.63, 3.8) is 0 Å². The van der Waals surface area contributed by atoms with Gasteiger partial charge in [-0.3, -0.25) is 0 Å². The summed E-state index contributed by atoms with van der Waals surface area (Å²) < 4.78 is 0. The maximum absolute atomic E-state index is 3.75. The van der Waals surface area contributed by atoms with Crippen molar-refractivity contribution in [3.05, 3.63) is 12.7 Å². The van der Waals surface area contributed by atoms with E-state index in [0.717, 1.165) is 19.0 Å². The summed E-state index contributed by atoms with van der Waals surface area (Å²) in [6, 6.07) is 0.689. The summed E-state index contributed by atoms with van der Waals surface area (Å²) in [5, 5.41) is 3.56. The van der Waals surface area contributed by atoms with Crippen molar-refractivity contribution in [1.29, 1.82) is 0 Å². The van der Waals surface area contributed by atoms with Crippen molar-refractivity contribution >= 4 is 0 Å². The fourth-order valence-corrected chi connectivity index (χ4v) is 2.03. The molecule has 0 bridgehead atoms. The van der Waals surface area contributed by atoms with E-state index in [1.165, 1.54) is 19.4 Å². The van der Waals surface area contributed by atoms with Crippen molar-refractivity contribution in [2.24, 2.45) is 5.92 Å². The van der Waals surface area contributed by atoms with Gasteiger partial charge in [0.15, 0.2) is 0 Å². The topological polar surface area (TPSA) is 15.3 Å². The van der Waals surface area contributed by atoms with Gasteiger partial charge in [-0.25, -0.2) is 0 Å². The van der Waals surface area contributed by atoms with Crippen molar-refractivity contribution < 1.29 is 0 Å². The third-order valence-corrected chi connectivity index (χ3v) is 2.73. The van der Waals surface area contributed by atoms with Gasteiger partial charge in [0.25, 0.3) is 0 Å². The lowest BCUT2D eigenvalue weighted by Crippen LogP contribution is -2.44. The van der Waals surface area contributed by atoms with E-state index in [4.69, 9.17) is 0 Å². The largest absolute Gasteiger partial charge is 0.313 e. The molecule has 2 atom stereocenters. The molecule has 0 radical (unpaired) electrons. The van der Waals surface area contributed by atoms with Gasteiger partial charge in [-0.2, -0.15) is 0 Å². The predicted octanol–water partition coefficient (Wildman–Crippen LogP) is 1.49. The Bertz CT molecular complexity index is 156. The lowest BCUT2D eigenvalue weighted by Gasteiger charge is -2.31. The van der Waals surface area contributed by atoms with Crippen molar-refractivity contribution in [2.75, 3.05) is 26.7 Å². The molecule has 1 aliphatic rings. The van der Waals surface area contributed by atoms with Crippen LogP contribution in [0.15, 0.2) is 12.7 Å². The second kappa shape index (κ2) is 5.40. The molecule has 1 fully saturated rings. The van der Waals surface area contributed by atoms with Gasteiger partial charge < -0.3 is 10.2 Å². The van der Waals surface area contributed by atoms with Gasteiger partial charge in [0, 0.05) is 19.1 Å². The molecule has 1 N–H and O–H groups in total. The number of hydrogen-bond acceptors (Lipinski definition) is 2. The summed E-state index contributed by atoms with van der Waals surface area (Å²) >= 11 is 0. The van der Waals surface area contributed by atoms with E-state index in [2.05, 4.69) is 30.8 Å². The monoisotopic (exact) mass is 182 g/mol. The number of nitrogens with zero attached hydrogens (tertiary/aromatic N) is 1. The highest BCUT2D eigenvalue weighted by atomic mass is 15.1. The van der Waals surface area contributed by atoms with E-state index in [-0.39, 0.29) is 0 Å². The Labute approximate surface area is 82.0 Å². The summed E-state index contributed by atoms with van der Waals surface area (Å²) in [5.74, 6) is 0.892. The highest BCUT2D eigenvalue weighted by molar-refractivity contribution is 4.80. The van der Waals surface area contributed by atoms with Crippen LogP contribution in [-0.4, -0.2) is 37.6 Å². The van der Waals surface area contributed by atoms with Crippen LogP contribution in [-0.2, 0) is 0 Å². The van der Waals surface area contributed by atoms with Crippen LogP contribution in [0.1, 0.15) is 19.8 Å². The molecule has 0 saturated carbocycles. The van der Waals surface area contributed by atoms with Gasteiger partial charge in [0.2, 0.25) is 0 Å². The Balaban J connectivity index is 2.22. The second-order valence-electron chi connectivity index (χ2n) is 4.29. The minimum atomic E-state index is 0.689. The van der Waals surface area contributed by atoms with Gasteiger partial charge in [-0.1, -0.05) is 13.0 Å². The maximum Gasteiger partial charge on any atom is 0.0197 e. The van der Waals surface area contributed by atoms with Gasteiger partial charge in [-0.05, 0) is 32.4 Å². The molecule has 0 aromatic carbocycles. The molecule has 1 aliphatic heterocycles. The molecular formula is C11H22N2. The number of hydrogen-bond donors (Lipinski definition) is 1. The number of likely N-dealkylation sites (N-methyl/N-ethyl adjacent to an activating group) is 1. The summed E-state index contributed by atoms with van der Waals surface area (Å²) in [6.45, 7) is 9.43. The zero-order valence-corrected chi connectivity index (χ0v) is 8.92. The van der Waals surface area contributed by atoms with E-state index in [1.54, 1.807) is 0 Å². The van der Waals surface area contributed by atoms with Gasteiger partial charge in [0.05, 0.1) is 0 Å². The van der Waals surface area contributed by atoms with Gasteiger partial charge in [0.1, 0.15) is 0 Å². The lowest BCUT2D eigenvalue weighted by atomic mass is 9.94. The molecule has 0 aromatic rings. The Morgan fingerprint density at radius 2 is 2.38 bits per heavy atom. The Morgan fingerprint density at radius 3 is 3.00 bits per heavy atom. The van der Waals surface area contributed by atoms with Crippen LogP contribution in [0.2, 0.25) is 0 Å². The van der Waals surface area contributed by atoms with Gasteiger partial charge >= 0.3 is 0 Å². The zero-order chi connectivity index (χ0) is 9.68. The molecule has 2 unspecified atom stereocenters. The van der Waals surface area contributed by atoms with Crippen LogP contribution in [0, 0.1) is 5.92 Å². The van der Waals surface area contributed by atoms with E-state index >= 15 is 0 Å². The molecule has 0 aromatic heterocycles. The van der Waals surface area contributed by atoms with Crippen LogP contribution < -0.4 is 5.32 Å². The molecular weight excluding hydrogens is 160 g/mol. The standard InChI is InChI=1S/C11H22N2/c1-4-7-13(3)9-11-8-10(2)5-6-12-11/h4,10-12H,1,5-9H2,2-3H3. The first-order valence-corrected chi connectivity index (χ1v) is 5.25. The van der Waals surface area contributed by atoms with Crippen LogP contribution in [0.4, 0.5) is 0 Å². The Morgan fingerprint density at radius 1 is 1.62 bits per heavy atom. The summed E-state index contributed by atoms with van der Waals surface area (Å²) in [6.07, 6.45) is 4.62. The fraction of sp³-hybridized carbons (Fsp3) is 0.818. The zero-order valence-electron chi connectivity index (χ0n) is 8.92. The molecule has 13 heavy (non-hydrogen) atoms. The second-order valence-corrected chi connectivity index (χ2v) is 4.29. The van der Waals surface area contributed by atoms with Gasteiger partial charge in [-0.15, -0.1) is 6.58 Å². The van der Waals surface area contributed by atoms with E-state index < -0.39 is 0 Å². The van der Waals surface area contributed by atoms with Crippen LogP contribution in [0.3, 0.4) is 0 Å². The minimum Gasteiger partial charge on any atom is -0.313 e. The minimum absolute atomic E-state index is 0.689. The van der Waals surface area contributed by atoms with Crippen molar-refractivity contribution in [3.8, 4) is 0 Å². The van der Waals surface area contributed by atoms with Crippen molar-refractivity contribution in [1.82, 2.24) is 10.2 Å². The molecule has 0 spiro atoms. The van der Waals surface area contributed by atoms with Crippen LogP contribution in [0.5, 0.6) is 0 Å².